The number of esters is 4. The molecule has 2 saturated carbocycles. The van der Waals surface area contributed by atoms with Crippen LogP contribution in [0.15, 0.2) is 60.9 Å². The number of likely N-dealkylation sites (N-methyl/N-ethyl adjacent to an activating group) is 1. The molecule has 3 aliphatic rings. The minimum Gasteiger partial charge on any atom is -0.490 e. The largest absolute Gasteiger partial charge is 0.490 e. The SMILES string of the molecule is CC(=O)OC1O[C@H](C(=O)N(C)CCCC(C)c2ccc(Cl)c(COC3(c4cnccc4-c4ccccc4OC4CC4)CC3)c2)[C@@H](OC(C)=O)[C@H](OC(C)=O)[C@H]1OC(C)=O. The number of hydrogen-bond acceptors (Lipinski definition) is 13. The van der Waals surface area contributed by atoms with Gasteiger partial charge in [0.25, 0.3) is 5.91 Å². The molecule has 3 aromatic rings. The maximum absolute atomic E-state index is 13.9. The molecule has 2 heterocycles. The number of halogens is 1. The van der Waals surface area contributed by atoms with Crippen LogP contribution in [0, 0.1) is 0 Å². The zero-order valence-corrected chi connectivity index (χ0v) is 34.9. The second kappa shape index (κ2) is 18.9. The fourth-order valence-electron chi connectivity index (χ4n) is 7.34. The van der Waals surface area contributed by atoms with E-state index < -0.39 is 66.1 Å². The van der Waals surface area contributed by atoms with Crippen LogP contribution >= 0.6 is 11.6 Å². The molecule has 0 N–H and O–H groups in total. The Morgan fingerprint density at radius 1 is 0.864 bits per heavy atom. The third-order valence-corrected chi connectivity index (χ3v) is 11.0. The zero-order chi connectivity index (χ0) is 42.4. The average Bonchev–Trinajstić information content (AvgIpc) is 4.13. The zero-order valence-electron chi connectivity index (χ0n) is 34.1. The van der Waals surface area contributed by atoms with Crippen LogP contribution in [0.1, 0.15) is 95.8 Å². The Balaban J connectivity index is 1.10. The molecule has 0 radical (unpaired) electrons. The molecule has 3 fully saturated rings. The molecule has 1 aliphatic heterocycles. The molecule has 6 rings (SSSR count). The molecule has 6 atom stereocenters. The van der Waals surface area contributed by atoms with E-state index in [1.807, 2.05) is 42.6 Å². The molecule has 15 heteroatoms. The first-order valence-corrected chi connectivity index (χ1v) is 20.3. The second-order valence-electron chi connectivity index (χ2n) is 15.4. The van der Waals surface area contributed by atoms with Gasteiger partial charge in [0, 0.05) is 69.8 Å². The Morgan fingerprint density at radius 2 is 1.53 bits per heavy atom. The number of aromatic nitrogens is 1. The van der Waals surface area contributed by atoms with E-state index in [1.54, 1.807) is 13.2 Å². The molecule has 1 saturated heterocycles. The minimum atomic E-state index is -1.64. The highest BCUT2D eigenvalue weighted by Gasteiger charge is 2.56. The van der Waals surface area contributed by atoms with Crippen molar-refractivity contribution in [3.05, 3.63) is 82.6 Å². The number of ether oxygens (including phenoxy) is 7. The van der Waals surface area contributed by atoms with Crippen LogP contribution in [0.2, 0.25) is 5.02 Å². The molecule has 2 aliphatic carbocycles. The third kappa shape index (κ3) is 11.0. The number of benzene rings is 2. The molecule has 1 aromatic heterocycles. The van der Waals surface area contributed by atoms with Crippen LogP contribution in [0.5, 0.6) is 5.75 Å². The number of pyridine rings is 1. The Morgan fingerprint density at radius 3 is 2.19 bits per heavy atom. The van der Waals surface area contributed by atoms with Gasteiger partial charge in [0.1, 0.15) is 5.75 Å². The van der Waals surface area contributed by atoms with Crippen LogP contribution in [0.25, 0.3) is 11.1 Å². The minimum absolute atomic E-state index is 0.0724. The van der Waals surface area contributed by atoms with Crippen LogP contribution < -0.4 is 4.74 Å². The van der Waals surface area contributed by atoms with E-state index in [-0.39, 0.29) is 18.6 Å². The number of carbonyl (C=O) groups is 5. The summed E-state index contributed by atoms with van der Waals surface area (Å²) in [6, 6.07) is 16.0. The fourth-order valence-corrected chi connectivity index (χ4v) is 7.51. The molecular formula is C44H51ClN2O12. The van der Waals surface area contributed by atoms with Gasteiger partial charge in [0.05, 0.1) is 18.3 Å². The summed E-state index contributed by atoms with van der Waals surface area (Å²) in [5, 5.41) is 0.599. The van der Waals surface area contributed by atoms with Crippen LogP contribution in [0.4, 0.5) is 0 Å². The monoisotopic (exact) mass is 834 g/mol. The van der Waals surface area contributed by atoms with Crippen molar-refractivity contribution < 1.29 is 57.1 Å². The second-order valence-corrected chi connectivity index (χ2v) is 15.8. The normalized spacial score (nSPS) is 22.3. The summed E-state index contributed by atoms with van der Waals surface area (Å²) >= 11 is 6.73. The summed E-state index contributed by atoms with van der Waals surface area (Å²) in [6.07, 6.45) is 1.29. The van der Waals surface area contributed by atoms with E-state index in [4.69, 9.17) is 44.8 Å². The Bertz CT molecular complexity index is 2030. The number of amides is 1. The van der Waals surface area contributed by atoms with Gasteiger partial charge in [0.2, 0.25) is 12.4 Å². The smallest absolute Gasteiger partial charge is 0.305 e. The lowest BCUT2D eigenvalue weighted by atomic mass is 9.94. The molecule has 316 valence electrons. The van der Waals surface area contributed by atoms with Crippen molar-refractivity contribution in [3.63, 3.8) is 0 Å². The van der Waals surface area contributed by atoms with E-state index in [0.29, 0.717) is 24.5 Å². The lowest BCUT2D eigenvalue weighted by molar-refractivity contribution is -0.292. The molecule has 59 heavy (non-hydrogen) atoms. The summed E-state index contributed by atoms with van der Waals surface area (Å²) in [7, 11) is 1.55. The van der Waals surface area contributed by atoms with Gasteiger partial charge >= 0.3 is 23.9 Å². The third-order valence-electron chi connectivity index (χ3n) is 10.6. The van der Waals surface area contributed by atoms with E-state index in [2.05, 4.69) is 24.0 Å². The van der Waals surface area contributed by atoms with Crippen molar-refractivity contribution in [1.82, 2.24) is 9.88 Å². The van der Waals surface area contributed by atoms with Gasteiger partial charge in [-0.05, 0) is 79.3 Å². The van der Waals surface area contributed by atoms with Crippen molar-refractivity contribution in [1.29, 1.82) is 0 Å². The highest BCUT2D eigenvalue weighted by atomic mass is 35.5. The van der Waals surface area contributed by atoms with Crippen LogP contribution in [0.3, 0.4) is 0 Å². The molecule has 2 aromatic carbocycles. The standard InChI is InChI=1S/C44H51ClN2O12/c1-25(10-9-21-47(6)42(52)40-38(54-26(2)48)39(55-27(3)49)41(56-28(4)50)43(59-40)57-29(5)51)30-13-16-36(45)31(22-30)24-53-44(18-19-44)35-23-46-20-17-33(35)34-11-7-8-12-37(34)58-32-14-15-32/h7-8,11-13,16-17,20,22-23,25,32,38-41,43H,9-10,14-15,18-19,21,24H2,1-6H3/t25?,38-,39-,40-,41+,43?/m0/s1. The first kappa shape index (κ1) is 43.5. The number of hydrogen-bond donors (Lipinski definition) is 0. The molecule has 0 bridgehead atoms. The van der Waals surface area contributed by atoms with Gasteiger partial charge in [-0.2, -0.15) is 0 Å². The van der Waals surface area contributed by atoms with Gasteiger partial charge < -0.3 is 38.1 Å². The lowest BCUT2D eigenvalue weighted by Gasteiger charge is -2.43. The first-order chi connectivity index (χ1) is 28.2. The van der Waals surface area contributed by atoms with Gasteiger partial charge in [-0.3, -0.25) is 29.0 Å². The van der Waals surface area contributed by atoms with Crippen molar-refractivity contribution in [2.75, 3.05) is 13.6 Å². The Labute approximate surface area is 348 Å². The average molecular weight is 835 g/mol. The predicted octanol–water partition coefficient (Wildman–Crippen LogP) is 6.57. The topological polar surface area (TPSA) is 166 Å². The first-order valence-electron chi connectivity index (χ1n) is 19.9. The van der Waals surface area contributed by atoms with Crippen molar-refractivity contribution in [3.8, 4) is 16.9 Å². The highest BCUT2D eigenvalue weighted by molar-refractivity contribution is 6.31. The molecule has 14 nitrogen and oxygen atoms in total. The number of nitrogens with zero attached hydrogens (tertiary/aromatic N) is 2. The van der Waals surface area contributed by atoms with Gasteiger partial charge in [0.15, 0.2) is 18.3 Å². The molecule has 1 amide bonds. The predicted molar refractivity (Wildman–Crippen MR) is 213 cm³/mol. The van der Waals surface area contributed by atoms with Gasteiger partial charge in [-0.15, -0.1) is 0 Å². The fraction of sp³-hybridized carbons (Fsp3) is 0.500. The van der Waals surface area contributed by atoms with Crippen LogP contribution in [-0.2, 0) is 64.6 Å². The van der Waals surface area contributed by atoms with E-state index in [0.717, 1.165) is 86.9 Å². The van der Waals surface area contributed by atoms with Gasteiger partial charge in [-0.1, -0.05) is 48.9 Å². The molecular weight excluding hydrogens is 784 g/mol. The van der Waals surface area contributed by atoms with Crippen molar-refractivity contribution >= 4 is 41.4 Å². The Kier molecular flexibility index (Phi) is 13.9. The van der Waals surface area contributed by atoms with Crippen LogP contribution in [-0.4, -0.2) is 90.1 Å². The maximum atomic E-state index is 13.9. The molecule has 0 spiro atoms. The lowest BCUT2D eigenvalue weighted by Crippen LogP contribution is -2.65. The summed E-state index contributed by atoms with van der Waals surface area (Å²) in [4.78, 5) is 68.1. The number of rotatable bonds is 17. The number of carbonyl (C=O) groups excluding carboxylic acids is 5. The number of para-hydroxylation sites is 1. The van der Waals surface area contributed by atoms with E-state index >= 15 is 0 Å². The highest BCUT2D eigenvalue weighted by Crippen LogP contribution is 2.53. The summed E-state index contributed by atoms with van der Waals surface area (Å²) in [5.74, 6) is -2.94. The van der Waals surface area contributed by atoms with Gasteiger partial charge in [-0.25, -0.2) is 0 Å². The van der Waals surface area contributed by atoms with Crippen molar-refractivity contribution in [2.24, 2.45) is 0 Å². The summed E-state index contributed by atoms with van der Waals surface area (Å²) in [5.41, 5.74) is 4.51. The van der Waals surface area contributed by atoms with Crippen molar-refractivity contribution in [2.45, 2.75) is 128 Å². The van der Waals surface area contributed by atoms with E-state index in [9.17, 15) is 24.0 Å². The quantitative estimate of drug-likeness (QED) is 0.106. The summed E-state index contributed by atoms with van der Waals surface area (Å²) in [6.45, 7) is 7.06. The summed E-state index contributed by atoms with van der Waals surface area (Å²) < 4.78 is 40.2. The molecule has 2 unspecified atom stereocenters. The van der Waals surface area contributed by atoms with E-state index in [1.165, 1.54) is 4.90 Å². The maximum Gasteiger partial charge on any atom is 0.305 e. The Hall–Kier alpha value is -5.05.